The first kappa shape index (κ1) is 20.4. The molecule has 9 heteroatoms. The van der Waals surface area contributed by atoms with E-state index in [9.17, 15) is 31.1 Å². The molecule has 0 aromatic heterocycles. The predicted molar refractivity (Wildman–Crippen MR) is 78.2 cm³/mol. The molecule has 134 valence electrons. The van der Waals surface area contributed by atoms with Gasteiger partial charge in [0.25, 0.3) is 0 Å². The Morgan fingerprint density at radius 1 is 0.958 bits per heavy atom. The molecule has 0 radical (unpaired) electrons. The van der Waals surface area contributed by atoms with Crippen LogP contribution in [0.1, 0.15) is 48.2 Å². The van der Waals surface area contributed by atoms with E-state index >= 15 is 0 Å². The number of benzene rings is 1. The minimum absolute atomic E-state index is 0.0243. The summed E-state index contributed by atoms with van der Waals surface area (Å²) < 4.78 is 82.1. The number of hydrogen-bond donors (Lipinski definition) is 0. The van der Waals surface area contributed by atoms with Crippen LogP contribution in [0.5, 0.6) is 0 Å². The fourth-order valence-corrected chi connectivity index (χ4v) is 2.29. The van der Waals surface area contributed by atoms with Gasteiger partial charge in [0.1, 0.15) is 0 Å². The zero-order valence-corrected chi connectivity index (χ0v) is 13.4. The van der Waals surface area contributed by atoms with E-state index in [1.165, 1.54) is 0 Å². The summed E-state index contributed by atoms with van der Waals surface area (Å²) in [5.74, 6) is -1.20. The van der Waals surface area contributed by atoms with Crippen molar-refractivity contribution in [3.8, 4) is 0 Å². The lowest BCUT2D eigenvalue weighted by Crippen LogP contribution is -2.39. The molecule has 0 unspecified atom stereocenters. The first-order chi connectivity index (χ1) is 10.9. The second kappa shape index (κ2) is 7.07. The number of hydrogen-bond acceptors (Lipinski definition) is 2. The zero-order chi connectivity index (χ0) is 18.8. The number of esters is 1. The van der Waals surface area contributed by atoms with Crippen LogP contribution in [0.2, 0.25) is 6.82 Å². The average Bonchev–Trinajstić information content (AvgIpc) is 2.50. The molecule has 0 amide bonds. The number of carbonyl (C=O) groups is 1. The van der Waals surface area contributed by atoms with Gasteiger partial charge in [0.05, 0.1) is 22.2 Å². The molecule has 1 aromatic carbocycles. The average molecular weight is 354 g/mol. The third kappa shape index (κ3) is 4.67. The molecule has 0 spiro atoms. The highest BCUT2D eigenvalue weighted by molar-refractivity contribution is 6.38. The fourth-order valence-electron chi connectivity index (χ4n) is 2.29. The van der Waals surface area contributed by atoms with E-state index in [0.717, 1.165) is 0 Å². The third-order valence-corrected chi connectivity index (χ3v) is 4.07. The normalized spacial score (nSPS) is 12.9. The number of ether oxygens (including phenoxy) is 1. The minimum Gasteiger partial charge on any atom is -0.465 e. The van der Waals surface area contributed by atoms with Crippen molar-refractivity contribution in [2.24, 2.45) is 0 Å². The Kier molecular flexibility index (Phi) is 6.00. The molecule has 1 rings (SSSR count). The molecule has 1 aromatic rings. The van der Waals surface area contributed by atoms with Crippen molar-refractivity contribution in [1.29, 1.82) is 0 Å². The van der Waals surface area contributed by atoms with E-state index in [-0.39, 0.29) is 6.07 Å². The molecule has 24 heavy (non-hydrogen) atoms. The van der Waals surface area contributed by atoms with Gasteiger partial charge in [-0.1, -0.05) is 20.7 Å². The SMILES string of the molecule is CBC(CC)(CC)OC(=O)c1cc(C(F)(F)F)cc(C(F)(F)F)c1. The van der Waals surface area contributed by atoms with Crippen LogP contribution in [0.4, 0.5) is 26.3 Å². The topological polar surface area (TPSA) is 26.3 Å². The molecular weight excluding hydrogens is 337 g/mol. The van der Waals surface area contributed by atoms with Crippen LogP contribution < -0.4 is 0 Å². The predicted octanol–water partition coefficient (Wildman–Crippen LogP) is 4.88. The molecule has 0 fully saturated rings. The number of alkyl halides is 6. The van der Waals surface area contributed by atoms with Crippen molar-refractivity contribution in [2.45, 2.75) is 51.4 Å². The fraction of sp³-hybridized carbons (Fsp3) is 0.533. The summed E-state index contributed by atoms with van der Waals surface area (Å²) in [4.78, 5) is 12.1. The minimum atomic E-state index is -5.01. The smallest absolute Gasteiger partial charge is 0.416 e. The second-order valence-corrected chi connectivity index (χ2v) is 5.43. The first-order valence-corrected chi connectivity index (χ1v) is 7.41. The van der Waals surface area contributed by atoms with E-state index in [2.05, 4.69) is 0 Å². The maximum absolute atomic E-state index is 12.8. The van der Waals surface area contributed by atoms with Gasteiger partial charge in [-0.15, -0.1) is 0 Å². The molecule has 0 saturated carbocycles. The monoisotopic (exact) mass is 354 g/mol. The van der Waals surface area contributed by atoms with Crippen LogP contribution in [0.15, 0.2) is 18.2 Å². The van der Waals surface area contributed by atoms with Gasteiger partial charge in [-0.25, -0.2) is 4.79 Å². The van der Waals surface area contributed by atoms with Gasteiger partial charge in [-0.3, -0.25) is 0 Å². The highest BCUT2D eigenvalue weighted by atomic mass is 19.4. The summed E-state index contributed by atoms with van der Waals surface area (Å²) in [6.45, 7) is 5.19. The van der Waals surface area contributed by atoms with Crippen LogP contribution in [0.3, 0.4) is 0 Å². The van der Waals surface area contributed by atoms with Gasteiger partial charge >= 0.3 is 18.3 Å². The van der Waals surface area contributed by atoms with Crippen molar-refractivity contribution >= 4 is 13.2 Å². The van der Waals surface area contributed by atoms with Crippen LogP contribution in [-0.2, 0) is 17.1 Å². The standard InChI is InChI=1S/C15H17BF6O2/c1-4-13(5-2,16-3)24-12(23)9-6-10(14(17,18)19)8-11(7-9)15(20,21)22/h6-8,16H,4-5H2,1-3H3. The van der Waals surface area contributed by atoms with E-state index in [0.29, 0.717) is 32.3 Å². The Hall–Kier alpha value is -1.67. The summed E-state index contributed by atoms with van der Waals surface area (Å²) in [5.41, 5.74) is -4.76. The largest absolute Gasteiger partial charge is 0.465 e. The Morgan fingerprint density at radius 2 is 1.38 bits per heavy atom. The zero-order valence-electron chi connectivity index (χ0n) is 13.4. The molecular formula is C15H17BF6O2. The summed E-state index contributed by atoms with van der Waals surface area (Å²) in [6, 6.07) is 0.732. The van der Waals surface area contributed by atoms with Crippen LogP contribution >= 0.6 is 0 Å². The van der Waals surface area contributed by atoms with Crippen molar-refractivity contribution in [3.63, 3.8) is 0 Å². The molecule has 0 bridgehead atoms. The highest BCUT2D eigenvalue weighted by Crippen LogP contribution is 2.36. The van der Waals surface area contributed by atoms with Gasteiger partial charge in [0.2, 0.25) is 0 Å². The van der Waals surface area contributed by atoms with Crippen LogP contribution in [0, 0.1) is 0 Å². The van der Waals surface area contributed by atoms with Gasteiger partial charge in [0.15, 0.2) is 7.28 Å². The van der Waals surface area contributed by atoms with Crippen LogP contribution in [0.25, 0.3) is 0 Å². The second-order valence-electron chi connectivity index (χ2n) is 5.43. The maximum atomic E-state index is 12.8. The maximum Gasteiger partial charge on any atom is 0.416 e. The Labute approximate surface area is 136 Å². The van der Waals surface area contributed by atoms with Crippen LogP contribution in [-0.4, -0.2) is 18.7 Å². The first-order valence-electron chi connectivity index (χ1n) is 7.41. The van der Waals surface area contributed by atoms with E-state index in [1.54, 1.807) is 20.7 Å². The molecule has 0 heterocycles. The molecule has 0 aliphatic heterocycles. The number of carbonyl (C=O) groups excluding carboxylic acids is 1. The number of halogens is 6. The van der Waals surface area contributed by atoms with Gasteiger partial charge in [-0.05, 0) is 31.0 Å². The van der Waals surface area contributed by atoms with Gasteiger partial charge in [-0.2, -0.15) is 26.3 Å². The lowest BCUT2D eigenvalue weighted by molar-refractivity contribution is -0.143. The lowest BCUT2D eigenvalue weighted by Gasteiger charge is -2.30. The Balaban J connectivity index is 3.35. The van der Waals surface area contributed by atoms with E-state index < -0.39 is 40.5 Å². The third-order valence-electron chi connectivity index (χ3n) is 4.07. The Bertz CT molecular complexity index is 550. The summed E-state index contributed by atoms with van der Waals surface area (Å²) >= 11 is 0. The van der Waals surface area contributed by atoms with Gasteiger partial charge in [0, 0.05) is 0 Å². The van der Waals surface area contributed by atoms with Crippen molar-refractivity contribution in [3.05, 3.63) is 34.9 Å². The molecule has 2 nitrogen and oxygen atoms in total. The summed E-state index contributed by atoms with van der Waals surface area (Å²) in [6.07, 6.45) is -9.21. The Morgan fingerprint density at radius 3 is 1.67 bits per heavy atom. The molecule has 0 saturated heterocycles. The molecule has 0 N–H and O–H groups in total. The van der Waals surface area contributed by atoms with E-state index in [1.807, 2.05) is 0 Å². The van der Waals surface area contributed by atoms with Crippen molar-refractivity contribution in [2.75, 3.05) is 0 Å². The molecule has 0 aliphatic rings. The number of rotatable bonds is 5. The molecule has 0 aliphatic carbocycles. The van der Waals surface area contributed by atoms with Crippen molar-refractivity contribution in [1.82, 2.24) is 0 Å². The summed E-state index contributed by atoms with van der Waals surface area (Å²) in [5, 5.41) is 0. The highest BCUT2D eigenvalue weighted by Gasteiger charge is 2.38. The van der Waals surface area contributed by atoms with Crippen molar-refractivity contribution < 1.29 is 35.9 Å². The van der Waals surface area contributed by atoms with E-state index in [4.69, 9.17) is 4.74 Å². The molecule has 0 atom stereocenters. The summed E-state index contributed by atoms with van der Waals surface area (Å²) in [7, 11) is 0.400. The lowest BCUT2D eigenvalue weighted by atomic mass is 9.60. The van der Waals surface area contributed by atoms with Gasteiger partial charge < -0.3 is 4.74 Å². The quantitative estimate of drug-likeness (QED) is 0.428.